The number of piperidine rings is 1. The first kappa shape index (κ1) is 18.0. The largest absolute Gasteiger partial charge is 0.490 e. The Hall–Kier alpha value is -1.30. The molecule has 2 rings (SSSR count). The van der Waals surface area contributed by atoms with Gasteiger partial charge in [-0.15, -0.1) is 0 Å². The molecule has 2 N–H and O–H groups in total. The van der Waals surface area contributed by atoms with E-state index in [1.165, 1.54) is 0 Å². The molecule has 0 saturated carbocycles. The Balaban J connectivity index is 2.19. The standard InChI is InChI=1S/C17H25ClN2O3/c1-17(2)11-20(7-6-15(17)19)16(21)13-10-12(18)4-5-14(13)23-9-8-22-3/h4-5,10,15H,6-9,11,19H2,1-3H3. The van der Waals surface area contributed by atoms with E-state index >= 15 is 0 Å². The summed E-state index contributed by atoms with van der Waals surface area (Å²) in [4.78, 5) is 14.7. The Morgan fingerprint density at radius 2 is 2.17 bits per heavy atom. The van der Waals surface area contributed by atoms with E-state index in [2.05, 4.69) is 13.8 Å². The molecule has 1 amide bonds. The van der Waals surface area contributed by atoms with Crippen LogP contribution in [0.15, 0.2) is 18.2 Å². The third-order valence-corrected chi connectivity index (χ3v) is 4.55. The van der Waals surface area contributed by atoms with E-state index in [1.807, 2.05) is 4.90 Å². The molecule has 1 aliphatic rings. The van der Waals surface area contributed by atoms with Gasteiger partial charge in [-0.1, -0.05) is 25.4 Å². The third kappa shape index (κ3) is 4.37. The number of nitrogens with two attached hydrogens (primary N) is 1. The zero-order valence-corrected chi connectivity index (χ0v) is 14.7. The van der Waals surface area contributed by atoms with Crippen molar-refractivity contribution in [2.24, 2.45) is 11.1 Å². The lowest BCUT2D eigenvalue weighted by Crippen LogP contribution is -2.54. The predicted molar refractivity (Wildman–Crippen MR) is 91.1 cm³/mol. The number of halogens is 1. The van der Waals surface area contributed by atoms with Crippen molar-refractivity contribution in [2.45, 2.75) is 26.3 Å². The Morgan fingerprint density at radius 3 is 2.83 bits per heavy atom. The van der Waals surface area contributed by atoms with Crippen molar-refractivity contribution in [3.05, 3.63) is 28.8 Å². The van der Waals surface area contributed by atoms with Crippen LogP contribution < -0.4 is 10.5 Å². The van der Waals surface area contributed by atoms with Crippen LogP contribution in [0.1, 0.15) is 30.6 Å². The van der Waals surface area contributed by atoms with Crippen LogP contribution in [0.2, 0.25) is 5.02 Å². The minimum absolute atomic E-state index is 0.0695. The van der Waals surface area contributed by atoms with E-state index in [4.69, 9.17) is 26.8 Å². The van der Waals surface area contributed by atoms with Crippen molar-refractivity contribution in [3.8, 4) is 5.75 Å². The molecule has 0 spiro atoms. The van der Waals surface area contributed by atoms with Crippen LogP contribution in [0, 0.1) is 5.41 Å². The van der Waals surface area contributed by atoms with E-state index in [0.29, 0.717) is 42.6 Å². The zero-order chi connectivity index (χ0) is 17.0. The van der Waals surface area contributed by atoms with Gasteiger partial charge in [0.25, 0.3) is 5.91 Å². The fourth-order valence-corrected chi connectivity index (χ4v) is 2.92. The maximum Gasteiger partial charge on any atom is 0.257 e. The van der Waals surface area contributed by atoms with Gasteiger partial charge in [-0.3, -0.25) is 4.79 Å². The molecule has 5 nitrogen and oxygen atoms in total. The summed E-state index contributed by atoms with van der Waals surface area (Å²) in [5.74, 6) is 0.462. The van der Waals surface area contributed by atoms with Crippen molar-refractivity contribution in [1.82, 2.24) is 4.90 Å². The molecular formula is C17H25ClN2O3. The number of methoxy groups -OCH3 is 1. The summed E-state index contributed by atoms with van der Waals surface area (Å²) in [5, 5.41) is 0.514. The molecule has 0 aliphatic carbocycles. The van der Waals surface area contributed by atoms with Crippen molar-refractivity contribution < 1.29 is 14.3 Å². The SMILES string of the molecule is COCCOc1ccc(Cl)cc1C(=O)N1CCC(N)C(C)(C)C1. The number of hydrogen-bond donors (Lipinski definition) is 1. The number of amides is 1. The highest BCUT2D eigenvalue weighted by Gasteiger charge is 2.36. The number of benzene rings is 1. The normalized spacial score (nSPS) is 20.4. The summed E-state index contributed by atoms with van der Waals surface area (Å²) in [5.41, 5.74) is 6.53. The van der Waals surface area contributed by atoms with E-state index < -0.39 is 0 Å². The topological polar surface area (TPSA) is 64.8 Å². The quantitative estimate of drug-likeness (QED) is 0.837. The maximum atomic E-state index is 12.9. The number of likely N-dealkylation sites (tertiary alicyclic amines) is 1. The first-order valence-electron chi connectivity index (χ1n) is 7.81. The first-order chi connectivity index (χ1) is 10.8. The maximum absolute atomic E-state index is 12.9. The summed E-state index contributed by atoms with van der Waals surface area (Å²) in [6.45, 7) is 6.29. The van der Waals surface area contributed by atoms with Gasteiger partial charge in [0, 0.05) is 31.3 Å². The van der Waals surface area contributed by atoms with E-state index in [9.17, 15) is 4.79 Å². The summed E-state index contributed by atoms with van der Waals surface area (Å²) in [6.07, 6.45) is 0.791. The second kappa shape index (κ2) is 7.51. The molecule has 0 bridgehead atoms. The van der Waals surface area contributed by atoms with Crippen molar-refractivity contribution in [1.29, 1.82) is 0 Å². The number of nitrogens with zero attached hydrogens (tertiary/aromatic N) is 1. The molecule has 6 heteroatoms. The highest BCUT2D eigenvalue weighted by molar-refractivity contribution is 6.31. The van der Waals surface area contributed by atoms with E-state index in [0.717, 1.165) is 6.42 Å². The van der Waals surface area contributed by atoms with Crippen LogP contribution in [0.25, 0.3) is 0 Å². The Bertz CT molecular complexity index is 563. The molecule has 0 radical (unpaired) electrons. The van der Waals surface area contributed by atoms with Gasteiger partial charge in [0.1, 0.15) is 12.4 Å². The zero-order valence-electron chi connectivity index (χ0n) is 14.0. The minimum Gasteiger partial charge on any atom is -0.490 e. The molecule has 1 aromatic carbocycles. The van der Waals surface area contributed by atoms with Gasteiger partial charge >= 0.3 is 0 Å². The lowest BCUT2D eigenvalue weighted by Gasteiger charge is -2.42. The van der Waals surface area contributed by atoms with Gasteiger partial charge < -0.3 is 20.1 Å². The first-order valence-corrected chi connectivity index (χ1v) is 8.19. The van der Waals surface area contributed by atoms with Crippen LogP contribution >= 0.6 is 11.6 Å². The third-order valence-electron chi connectivity index (χ3n) is 4.32. The number of carbonyl (C=O) groups is 1. The Morgan fingerprint density at radius 1 is 1.43 bits per heavy atom. The molecule has 23 heavy (non-hydrogen) atoms. The van der Waals surface area contributed by atoms with Crippen LogP contribution in [0.4, 0.5) is 0 Å². The van der Waals surface area contributed by atoms with Gasteiger partial charge in [0.05, 0.1) is 12.2 Å². The monoisotopic (exact) mass is 340 g/mol. The van der Waals surface area contributed by atoms with Crippen molar-refractivity contribution in [2.75, 3.05) is 33.4 Å². The smallest absolute Gasteiger partial charge is 0.257 e. The molecule has 128 valence electrons. The molecule has 1 saturated heterocycles. The Labute approximate surface area is 142 Å². The molecule has 1 heterocycles. The van der Waals surface area contributed by atoms with Crippen LogP contribution in [0.5, 0.6) is 5.75 Å². The van der Waals surface area contributed by atoms with Gasteiger partial charge in [-0.2, -0.15) is 0 Å². The van der Waals surface area contributed by atoms with Gasteiger partial charge in [0.15, 0.2) is 0 Å². The van der Waals surface area contributed by atoms with Gasteiger partial charge in [0.2, 0.25) is 0 Å². The molecule has 1 aliphatic heterocycles. The summed E-state index contributed by atoms with van der Waals surface area (Å²) >= 11 is 6.07. The van der Waals surface area contributed by atoms with E-state index in [-0.39, 0.29) is 17.4 Å². The van der Waals surface area contributed by atoms with Crippen LogP contribution in [0.3, 0.4) is 0 Å². The second-order valence-electron chi connectivity index (χ2n) is 6.59. The fraction of sp³-hybridized carbons (Fsp3) is 0.588. The lowest BCUT2D eigenvalue weighted by molar-refractivity contribution is 0.0527. The van der Waals surface area contributed by atoms with Crippen molar-refractivity contribution in [3.63, 3.8) is 0 Å². The molecule has 1 aromatic rings. The summed E-state index contributed by atoms with van der Waals surface area (Å²) in [6, 6.07) is 5.21. The number of carbonyl (C=O) groups excluding carboxylic acids is 1. The molecule has 0 aromatic heterocycles. The molecule has 1 atom stereocenters. The Kier molecular flexibility index (Phi) is 5.89. The van der Waals surface area contributed by atoms with Crippen molar-refractivity contribution >= 4 is 17.5 Å². The number of hydrogen-bond acceptors (Lipinski definition) is 4. The minimum atomic E-state index is -0.108. The molecular weight excluding hydrogens is 316 g/mol. The van der Waals surface area contributed by atoms with Crippen LogP contribution in [-0.4, -0.2) is 50.3 Å². The average Bonchev–Trinajstić information content (AvgIpc) is 2.51. The van der Waals surface area contributed by atoms with Gasteiger partial charge in [-0.05, 0) is 30.0 Å². The lowest BCUT2D eigenvalue weighted by atomic mass is 9.79. The molecule has 1 fully saturated rings. The van der Waals surface area contributed by atoms with Crippen LogP contribution in [-0.2, 0) is 4.74 Å². The summed E-state index contributed by atoms with van der Waals surface area (Å²) in [7, 11) is 1.61. The number of rotatable bonds is 5. The fourth-order valence-electron chi connectivity index (χ4n) is 2.75. The number of ether oxygens (including phenoxy) is 2. The van der Waals surface area contributed by atoms with Gasteiger partial charge in [-0.25, -0.2) is 0 Å². The average molecular weight is 341 g/mol. The highest BCUT2D eigenvalue weighted by atomic mass is 35.5. The molecule has 1 unspecified atom stereocenters. The second-order valence-corrected chi connectivity index (χ2v) is 7.03. The summed E-state index contributed by atoms with van der Waals surface area (Å²) < 4.78 is 10.6. The highest BCUT2D eigenvalue weighted by Crippen LogP contribution is 2.31. The predicted octanol–water partition coefficient (Wildman–Crippen LogP) is 2.56. The van der Waals surface area contributed by atoms with E-state index in [1.54, 1.807) is 25.3 Å².